The molecule has 2 aromatic carbocycles. The van der Waals surface area contributed by atoms with E-state index in [0.717, 1.165) is 11.3 Å². The topological polar surface area (TPSA) is 46.9 Å². The smallest absolute Gasteiger partial charge is 0.234 e. The Kier molecular flexibility index (Phi) is 5.28. The maximum atomic E-state index is 13.5. The quantitative estimate of drug-likeness (QED) is 0.694. The van der Waals surface area contributed by atoms with Crippen LogP contribution in [0.2, 0.25) is 0 Å². The third kappa shape index (κ3) is 4.45. The standard InChI is InChI=1S/C18H16FN3OS/c19-16-7-1-2-8-17(16)24-13-18(23)21-15-6-3-5-14(11-15)12-22-10-4-9-20-22/h1-11H,12-13H2,(H,21,23). The molecule has 0 saturated heterocycles. The summed E-state index contributed by atoms with van der Waals surface area (Å²) in [5.74, 6) is -0.319. The Morgan fingerprint density at radius 3 is 2.83 bits per heavy atom. The largest absolute Gasteiger partial charge is 0.325 e. The molecule has 0 atom stereocenters. The van der Waals surface area contributed by atoms with Crippen LogP contribution in [0.25, 0.3) is 0 Å². The Balaban J connectivity index is 1.57. The molecule has 0 aliphatic rings. The van der Waals surface area contributed by atoms with Crippen LogP contribution in [-0.2, 0) is 11.3 Å². The summed E-state index contributed by atoms with van der Waals surface area (Å²) in [5.41, 5.74) is 1.76. The minimum absolute atomic E-state index is 0.157. The van der Waals surface area contributed by atoms with Gasteiger partial charge in [-0.25, -0.2) is 4.39 Å². The normalized spacial score (nSPS) is 10.5. The molecule has 0 bridgehead atoms. The number of nitrogens with zero attached hydrogens (tertiary/aromatic N) is 2. The number of aromatic nitrogens is 2. The zero-order chi connectivity index (χ0) is 16.8. The maximum absolute atomic E-state index is 13.5. The van der Waals surface area contributed by atoms with Crippen LogP contribution in [0.1, 0.15) is 5.56 Å². The van der Waals surface area contributed by atoms with Crippen molar-refractivity contribution in [2.24, 2.45) is 0 Å². The van der Waals surface area contributed by atoms with Crippen LogP contribution in [0, 0.1) is 5.82 Å². The van der Waals surface area contributed by atoms with Crippen molar-refractivity contribution >= 4 is 23.4 Å². The Labute approximate surface area is 143 Å². The number of nitrogens with one attached hydrogen (secondary N) is 1. The van der Waals surface area contributed by atoms with Crippen molar-refractivity contribution in [1.29, 1.82) is 0 Å². The van der Waals surface area contributed by atoms with Crippen molar-refractivity contribution in [3.63, 3.8) is 0 Å². The highest BCUT2D eigenvalue weighted by Crippen LogP contribution is 2.21. The molecule has 1 aromatic heterocycles. The van der Waals surface area contributed by atoms with E-state index in [-0.39, 0.29) is 17.5 Å². The van der Waals surface area contributed by atoms with Gasteiger partial charge < -0.3 is 5.32 Å². The van der Waals surface area contributed by atoms with Crippen molar-refractivity contribution in [2.75, 3.05) is 11.1 Å². The summed E-state index contributed by atoms with van der Waals surface area (Å²) >= 11 is 1.18. The number of carbonyl (C=O) groups excluding carboxylic acids is 1. The van der Waals surface area contributed by atoms with Gasteiger partial charge in [-0.2, -0.15) is 5.10 Å². The second-order valence-electron chi connectivity index (χ2n) is 5.17. The molecule has 1 heterocycles. The average Bonchev–Trinajstić information content (AvgIpc) is 3.07. The Hall–Kier alpha value is -2.60. The van der Waals surface area contributed by atoms with E-state index >= 15 is 0 Å². The molecular weight excluding hydrogens is 325 g/mol. The van der Waals surface area contributed by atoms with E-state index in [1.54, 1.807) is 24.4 Å². The van der Waals surface area contributed by atoms with Crippen molar-refractivity contribution in [2.45, 2.75) is 11.4 Å². The molecule has 4 nitrogen and oxygen atoms in total. The molecule has 0 fully saturated rings. The number of hydrogen-bond donors (Lipinski definition) is 1. The molecule has 3 rings (SSSR count). The first-order valence-electron chi connectivity index (χ1n) is 7.44. The van der Waals surface area contributed by atoms with E-state index in [1.807, 2.05) is 41.2 Å². The molecule has 24 heavy (non-hydrogen) atoms. The fourth-order valence-electron chi connectivity index (χ4n) is 2.23. The van der Waals surface area contributed by atoms with Crippen molar-refractivity contribution < 1.29 is 9.18 Å². The summed E-state index contributed by atoms with van der Waals surface area (Å²) < 4.78 is 15.4. The summed E-state index contributed by atoms with van der Waals surface area (Å²) in [4.78, 5) is 12.5. The Bertz CT molecular complexity index is 821. The van der Waals surface area contributed by atoms with Crippen molar-refractivity contribution in [3.05, 3.63) is 78.4 Å². The highest BCUT2D eigenvalue weighted by Gasteiger charge is 2.07. The fraction of sp³-hybridized carbons (Fsp3) is 0.111. The van der Waals surface area contributed by atoms with Crippen LogP contribution in [0.15, 0.2) is 71.9 Å². The molecule has 0 aliphatic carbocycles. The number of rotatable bonds is 6. The predicted octanol–water partition coefficient (Wildman–Crippen LogP) is 3.80. The van der Waals surface area contributed by atoms with Crippen LogP contribution < -0.4 is 5.32 Å². The second-order valence-corrected chi connectivity index (χ2v) is 6.19. The third-order valence-corrected chi connectivity index (χ3v) is 4.36. The minimum Gasteiger partial charge on any atom is -0.325 e. The zero-order valence-corrected chi connectivity index (χ0v) is 13.7. The number of anilines is 1. The molecule has 1 N–H and O–H groups in total. The van der Waals surface area contributed by atoms with Gasteiger partial charge in [-0.1, -0.05) is 24.3 Å². The third-order valence-electron chi connectivity index (χ3n) is 3.31. The summed E-state index contributed by atoms with van der Waals surface area (Å²) in [6, 6.07) is 15.9. The van der Waals surface area contributed by atoms with Gasteiger partial charge in [-0.05, 0) is 35.9 Å². The Morgan fingerprint density at radius 1 is 1.17 bits per heavy atom. The molecular formula is C18H16FN3OS. The number of thioether (sulfide) groups is 1. The lowest BCUT2D eigenvalue weighted by atomic mass is 10.2. The van der Waals surface area contributed by atoms with Crippen LogP contribution in [0.5, 0.6) is 0 Å². The van der Waals surface area contributed by atoms with Gasteiger partial charge in [0.2, 0.25) is 5.91 Å². The lowest BCUT2D eigenvalue weighted by Crippen LogP contribution is -2.14. The molecule has 3 aromatic rings. The highest BCUT2D eigenvalue weighted by molar-refractivity contribution is 8.00. The number of carbonyl (C=O) groups is 1. The lowest BCUT2D eigenvalue weighted by Gasteiger charge is -2.08. The molecule has 0 saturated carbocycles. The highest BCUT2D eigenvalue weighted by atomic mass is 32.2. The summed E-state index contributed by atoms with van der Waals surface area (Å²) in [6.45, 7) is 0.640. The van der Waals surface area contributed by atoms with Gasteiger partial charge in [-0.15, -0.1) is 11.8 Å². The number of benzene rings is 2. The molecule has 122 valence electrons. The summed E-state index contributed by atoms with van der Waals surface area (Å²) in [7, 11) is 0. The van der Waals surface area contributed by atoms with Gasteiger partial charge in [0.25, 0.3) is 0 Å². The van der Waals surface area contributed by atoms with Gasteiger partial charge in [0.15, 0.2) is 0 Å². The van der Waals surface area contributed by atoms with Crippen LogP contribution in [0.3, 0.4) is 0 Å². The van der Waals surface area contributed by atoms with Gasteiger partial charge in [0.1, 0.15) is 5.82 Å². The van der Waals surface area contributed by atoms with Gasteiger partial charge in [0.05, 0.1) is 12.3 Å². The van der Waals surface area contributed by atoms with Crippen molar-refractivity contribution in [3.8, 4) is 0 Å². The lowest BCUT2D eigenvalue weighted by molar-refractivity contribution is -0.113. The molecule has 0 spiro atoms. The number of hydrogen-bond acceptors (Lipinski definition) is 3. The molecule has 0 aliphatic heterocycles. The van der Waals surface area contributed by atoms with Crippen molar-refractivity contribution in [1.82, 2.24) is 9.78 Å². The van der Waals surface area contributed by atoms with E-state index < -0.39 is 0 Å². The van der Waals surface area contributed by atoms with Crippen LogP contribution >= 0.6 is 11.8 Å². The van der Waals surface area contributed by atoms with Gasteiger partial charge >= 0.3 is 0 Å². The van der Waals surface area contributed by atoms with Gasteiger partial charge in [-0.3, -0.25) is 9.48 Å². The number of amides is 1. The monoisotopic (exact) mass is 341 g/mol. The molecule has 1 amide bonds. The molecule has 0 radical (unpaired) electrons. The van der Waals surface area contributed by atoms with Crippen LogP contribution in [-0.4, -0.2) is 21.4 Å². The Morgan fingerprint density at radius 2 is 2.04 bits per heavy atom. The maximum Gasteiger partial charge on any atom is 0.234 e. The van der Waals surface area contributed by atoms with E-state index in [1.165, 1.54) is 17.8 Å². The first-order valence-corrected chi connectivity index (χ1v) is 8.43. The van der Waals surface area contributed by atoms with Crippen LogP contribution in [0.4, 0.5) is 10.1 Å². The fourth-order valence-corrected chi connectivity index (χ4v) is 2.97. The summed E-state index contributed by atoms with van der Waals surface area (Å²) in [6.07, 6.45) is 3.61. The predicted molar refractivity (Wildman–Crippen MR) is 93.5 cm³/mol. The molecule has 0 unspecified atom stereocenters. The minimum atomic E-state index is -0.309. The first kappa shape index (κ1) is 16.3. The molecule has 6 heteroatoms. The second kappa shape index (κ2) is 7.79. The van der Waals surface area contributed by atoms with E-state index in [4.69, 9.17) is 0 Å². The zero-order valence-electron chi connectivity index (χ0n) is 12.9. The van der Waals surface area contributed by atoms with Gasteiger partial charge in [0, 0.05) is 23.0 Å². The van der Waals surface area contributed by atoms with E-state index in [2.05, 4.69) is 10.4 Å². The van der Waals surface area contributed by atoms with E-state index in [9.17, 15) is 9.18 Å². The first-order chi connectivity index (χ1) is 11.7. The number of halogens is 1. The van der Waals surface area contributed by atoms with E-state index in [0.29, 0.717) is 11.4 Å². The summed E-state index contributed by atoms with van der Waals surface area (Å²) in [5, 5.41) is 7.00. The average molecular weight is 341 g/mol. The SMILES string of the molecule is O=C(CSc1ccccc1F)Nc1cccc(Cn2cccn2)c1.